The normalized spacial score (nSPS) is 18.2. The minimum atomic E-state index is -0.314. The summed E-state index contributed by atoms with van der Waals surface area (Å²) in [6.07, 6.45) is 1.72. The molecule has 1 aromatic heterocycles. The van der Waals surface area contributed by atoms with Gasteiger partial charge in [0.1, 0.15) is 5.82 Å². The van der Waals surface area contributed by atoms with Crippen molar-refractivity contribution in [3.8, 4) is 22.9 Å². The van der Waals surface area contributed by atoms with Gasteiger partial charge in [0.25, 0.3) is 0 Å². The number of ether oxygens (including phenoxy) is 2. The second kappa shape index (κ2) is 8.35. The van der Waals surface area contributed by atoms with Crippen molar-refractivity contribution >= 4 is 11.6 Å². The van der Waals surface area contributed by atoms with Crippen LogP contribution in [0.4, 0.5) is 10.1 Å². The summed E-state index contributed by atoms with van der Waals surface area (Å²) in [4.78, 5) is 19.3. The third kappa shape index (κ3) is 4.36. The van der Waals surface area contributed by atoms with E-state index in [0.29, 0.717) is 47.6 Å². The molecule has 1 N–H and O–H groups in total. The van der Waals surface area contributed by atoms with E-state index in [1.54, 1.807) is 30.3 Å². The van der Waals surface area contributed by atoms with Crippen LogP contribution >= 0.6 is 0 Å². The highest BCUT2D eigenvalue weighted by atomic mass is 19.1. The van der Waals surface area contributed by atoms with E-state index < -0.39 is 0 Å². The number of rotatable bonds is 5. The van der Waals surface area contributed by atoms with E-state index in [1.165, 1.54) is 12.1 Å². The molecule has 1 saturated heterocycles. The van der Waals surface area contributed by atoms with Gasteiger partial charge in [-0.15, -0.1) is 0 Å². The summed E-state index contributed by atoms with van der Waals surface area (Å²) in [5, 5.41) is 6.96. The van der Waals surface area contributed by atoms with E-state index in [0.717, 1.165) is 19.4 Å². The van der Waals surface area contributed by atoms with E-state index in [9.17, 15) is 9.18 Å². The third-order valence-corrected chi connectivity index (χ3v) is 5.45. The van der Waals surface area contributed by atoms with E-state index >= 15 is 0 Å². The van der Waals surface area contributed by atoms with Crippen molar-refractivity contribution in [2.75, 3.05) is 25.2 Å². The zero-order valence-corrected chi connectivity index (χ0v) is 16.7. The molecule has 2 aliphatic rings. The van der Waals surface area contributed by atoms with E-state index in [-0.39, 0.29) is 24.4 Å². The maximum Gasteiger partial charge on any atom is 0.241 e. The van der Waals surface area contributed by atoms with Crippen LogP contribution in [0.15, 0.2) is 47.0 Å². The first-order chi connectivity index (χ1) is 15.1. The Bertz CT molecular complexity index is 1090. The number of aromatic nitrogens is 2. The lowest BCUT2D eigenvalue weighted by molar-refractivity contribution is -0.121. The fourth-order valence-electron chi connectivity index (χ4n) is 3.86. The van der Waals surface area contributed by atoms with Crippen LogP contribution in [0.5, 0.6) is 11.5 Å². The number of benzene rings is 2. The molecule has 0 aliphatic carbocycles. The van der Waals surface area contributed by atoms with E-state index in [2.05, 4.69) is 20.4 Å². The summed E-state index contributed by atoms with van der Waals surface area (Å²) in [5.41, 5.74) is 1.38. The van der Waals surface area contributed by atoms with Crippen LogP contribution in [0, 0.1) is 11.7 Å². The molecule has 1 fully saturated rings. The standard InChI is InChI=1S/C22H21FN4O4/c23-16-5-3-14(4-6-16)21-25-20(31-26-21)12-27-9-1-2-15(11-27)22(28)24-17-7-8-18-19(10-17)30-13-29-18/h3-8,10,15H,1-2,9,11-13H2,(H,24,28). The lowest BCUT2D eigenvalue weighted by atomic mass is 9.97. The molecular formula is C22H21FN4O4. The molecule has 8 nitrogen and oxygen atoms in total. The fourth-order valence-corrected chi connectivity index (χ4v) is 3.86. The van der Waals surface area contributed by atoms with Gasteiger partial charge >= 0.3 is 0 Å². The molecule has 3 aromatic rings. The second-order valence-corrected chi connectivity index (χ2v) is 7.65. The molecule has 1 atom stereocenters. The summed E-state index contributed by atoms with van der Waals surface area (Å²) in [6.45, 7) is 2.11. The number of fused-ring (bicyclic) bond motifs is 1. The number of hydrogen-bond donors (Lipinski definition) is 1. The number of nitrogens with zero attached hydrogens (tertiary/aromatic N) is 3. The summed E-state index contributed by atoms with van der Waals surface area (Å²) in [7, 11) is 0. The molecule has 160 valence electrons. The maximum absolute atomic E-state index is 13.1. The van der Waals surface area contributed by atoms with Gasteiger partial charge in [-0.3, -0.25) is 9.69 Å². The van der Waals surface area contributed by atoms with Crippen LogP contribution in [0.3, 0.4) is 0 Å². The Morgan fingerprint density at radius 3 is 2.87 bits per heavy atom. The number of amides is 1. The number of halogens is 1. The average Bonchev–Trinajstić information content (AvgIpc) is 3.44. The van der Waals surface area contributed by atoms with Crippen LogP contribution in [-0.4, -0.2) is 40.8 Å². The number of hydrogen-bond acceptors (Lipinski definition) is 7. The van der Waals surface area contributed by atoms with Crippen LogP contribution in [0.1, 0.15) is 18.7 Å². The Labute approximate surface area is 178 Å². The Balaban J connectivity index is 1.19. The fraction of sp³-hybridized carbons (Fsp3) is 0.318. The Hall–Kier alpha value is -3.46. The Kier molecular flexibility index (Phi) is 5.25. The summed E-state index contributed by atoms with van der Waals surface area (Å²) >= 11 is 0. The van der Waals surface area contributed by atoms with Crippen molar-refractivity contribution < 1.29 is 23.2 Å². The van der Waals surface area contributed by atoms with Crippen LogP contribution in [0.25, 0.3) is 11.4 Å². The first-order valence-corrected chi connectivity index (χ1v) is 10.2. The number of anilines is 1. The Morgan fingerprint density at radius 2 is 2.00 bits per heavy atom. The van der Waals surface area contributed by atoms with Gasteiger partial charge < -0.3 is 19.3 Å². The van der Waals surface area contributed by atoms with Crippen LogP contribution < -0.4 is 14.8 Å². The quantitative estimate of drug-likeness (QED) is 0.671. The molecule has 9 heteroatoms. The molecule has 2 aromatic carbocycles. The third-order valence-electron chi connectivity index (χ3n) is 5.45. The van der Waals surface area contributed by atoms with Gasteiger partial charge in [0.15, 0.2) is 11.5 Å². The predicted octanol–water partition coefficient (Wildman–Crippen LogP) is 3.46. The summed E-state index contributed by atoms with van der Waals surface area (Å²) in [6, 6.07) is 11.3. The number of likely N-dealkylation sites (tertiary alicyclic amines) is 1. The molecule has 31 heavy (non-hydrogen) atoms. The molecular weight excluding hydrogens is 403 g/mol. The van der Waals surface area contributed by atoms with Crippen LogP contribution in [0.2, 0.25) is 0 Å². The highest BCUT2D eigenvalue weighted by molar-refractivity contribution is 5.93. The zero-order chi connectivity index (χ0) is 21.2. The van der Waals surface area contributed by atoms with Crippen molar-refractivity contribution in [1.82, 2.24) is 15.0 Å². The molecule has 0 radical (unpaired) electrons. The lowest BCUT2D eigenvalue weighted by Gasteiger charge is -2.30. The number of carbonyl (C=O) groups is 1. The van der Waals surface area contributed by atoms with E-state index in [1.807, 2.05) is 0 Å². The highest BCUT2D eigenvalue weighted by Gasteiger charge is 2.27. The largest absolute Gasteiger partial charge is 0.454 e. The molecule has 1 unspecified atom stereocenters. The summed E-state index contributed by atoms with van der Waals surface area (Å²) < 4.78 is 29.1. The maximum atomic E-state index is 13.1. The molecule has 3 heterocycles. The number of carbonyl (C=O) groups excluding carboxylic acids is 1. The predicted molar refractivity (Wildman–Crippen MR) is 109 cm³/mol. The van der Waals surface area contributed by atoms with Crippen molar-refractivity contribution in [3.05, 3.63) is 54.2 Å². The lowest BCUT2D eigenvalue weighted by Crippen LogP contribution is -2.40. The van der Waals surface area contributed by atoms with Crippen molar-refractivity contribution in [2.45, 2.75) is 19.4 Å². The van der Waals surface area contributed by atoms with Gasteiger partial charge in [0.2, 0.25) is 24.4 Å². The van der Waals surface area contributed by atoms with E-state index in [4.69, 9.17) is 14.0 Å². The number of nitrogens with one attached hydrogen (secondary N) is 1. The zero-order valence-electron chi connectivity index (χ0n) is 16.7. The monoisotopic (exact) mass is 424 g/mol. The molecule has 0 spiro atoms. The minimum absolute atomic E-state index is 0.0268. The van der Waals surface area contributed by atoms with Crippen molar-refractivity contribution in [2.24, 2.45) is 5.92 Å². The molecule has 5 rings (SSSR count). The smallest absolute Gasteiger partial charge is 0.241 e. The van der Waals surface area contributed by atoms with Gasteiger partial charge in [0, 0.05) is 23.9 Å². The van der Waals surface area contributed by atoms with Crippen molar-refractivity contribution in [1.29, 1.82) is 0 Å². The van der Waals surface area contributed by atoms with Crippen molar-refractivity contribution in [3.63, 3.8) is 0 Å². The van der Waals surface area contributed by atoms with Gasteiger partial charge in [-0.25, -0.2) is 4.39 Å². The van der Waals surface area contributed by atoms with Crippen LogP contribution in [-0.2, 0) is 11.3 Å². The second-order valence-electron chi connectivity index (χ2n) is 7.65. The molecule has 2 aliphatic heterocycles. The number of piperidine rings is 1. The first kappa shape index (κ1) is 19.5. The van der Waals surface area contributed by atoms with Gasteiger partial charge in [-0.2, -0.15) is 4.98 Å². The molecule has 1 amide bonds. The average molecular weight is 424 g/mol. The minimum Gasteiger partial charge on any atom is -0.454 e. The molecule has 0 saturated carbocycles. The van der Waals surface area contributed by atoms with Gasteiger partial charge in [0.05, 0.1) is 12.5 Å². The van der Waals surface area contributed by atoms with Gasteiger partial charge in [-0.05, 0) is 55.8 Å². The highest BCUT2D eigenvalue weighted by Crippen LogP contribution is 2.34. The first-order valence-electron chi connectivity index (χ1n) is 10.2. The Morgan fingerprint density at radius 1 is 1.16 bits per heavy atom. The molecule has 0 bridgehead atoms. The van der Waals surface area contributed by atoms with Gasteiger partial charge in [-0.1, -0.05) is 5.16 Å². The topological polar surface area (TPSA) is 89.7 Å². The SMILES string of the molecule is O=C(Nc1ccc2c(c1)OCO2)C1CCCN(Cc2nc(-c3ccc(F)cc3)no2)C1. The summed E-state index contributed by atoms with van der Waals surface area (Å²) in [5.74, 6) is 1.73.